The van der Waals surface area contributed by atoms with E-state index >= 15 is 0 Å². The van der Waals surface area contributed by atoms with Gasteiger partial charge in [-0.25, -0.2) is 17.2 Å². The van der Waals surface area contributed by atoms with E-state index in [-0.39, 0.29) is 38.5 Å². The van der Waals surface area contributed by atoms with Gasteiger partial charge in [0.25, 0.3) is 0 Å². The molecule has 0 aromatic heterocycles. The molecule has 0 radical (unpaired) electrons. The number of benzene rings is 2. The van der Waals surface area contributed by atoms with Crippen molar-refractivity contribution in [2.45, 2.75) is 11.3 Å². The molecule has 1 amide bonds. The summed E-state index contributed by atoms with van der Waals surface area (Å²) in [7, 11) is 0.0657. The van der Waals surface area contributed by atoms with Crippen LogP contribution >= 0.6 is 0 Å². The zero-order chi connectivity index (χ0) is 23.5. The molecule has 0 saturated carbocycles. The van der Waals surface area contributed by atoms with Gasteiger partial charge in [0.1, 0.15) is 11.6 Å². The minimum Gasteiger partial charge on any atom is -0.493 e. The molecule has 3 rings (SSSR count). The molecule has 1 saturated heterocycles. The lowest BCUT2D eigenvalue weighted by atomic mass is 10.1. The summed E-state index contributed by atoms with van der Waals surface area (Å²) in [6.07, 6.45) is 0.0331. The minimum absolute atomic E-state index is 0.0331. The van der Waals surface area contributed by atoms with Crippen molar-refractivity contribution in [3.63, 3.8) is 0 Å². The van der Waals surface area contributed by atoms with Crippen molar-refractivity contribution in [2.24, 2.45) is 0 Å². The van der Waals surface area contributed by atoms with E-state index in [2.05, 4.69) is 0 Å². The van der Waals surface area contributed by atoms with E-state index in [1.165, 1.54) is 26.2 Å². The van der Waals surface area contributed by atoms with Gasteiger partial charge in [-0.05, 0) is 29.8 Å². The molecule has 0 spiro atoms. The predicted octanol–water partition coefficient (Wildman–Crippen LogP) is 2.07. The predicted molar refractivity (Wildman–Crippen MR) is 111 cm³/mol. The van der Waals surface area contributed by atoms with Crippen LogP contribution in [0.4, 0.5) is 8.78 Å². The summed E-state index contributed by atoms with van der Waals surface area (Å²) >= 11 is 0. The van der Waals surface area contributed by atoms with E-state index in [0.29, 0.717) is 22.8 Å². The monoisotopic (exact) mass is 470 g/mol. The minimum atomic E-state index is -4.36. The number of methoxy groups -OCH3 is 3. The Labute approximate surface area is 185 Å². The highest BCUT2D eigenvalue weighted by Gasteiger charge is 2.34. The van der Waals surface area contributed by atoms with Gasteiger partial charge in [0.2, 0.25) is 21.7 Å². The standard InChI is InChI=1S/C21H24F2N2O6S/c1-29-17-11-14(12-18(30-2)20(17)31-3)13-19(26)24-7-9-25(10-8-24)32(27,28)21-15(22)5-4-6-16(21)23/h4-6,11-12H,7-10,13H2,1-3H3. The van der Waals surface area contributed by atoms with E-state index in [4.69, 9.17) is 14.2 Å². The lowest BCUT2D eigenvalue weighted by Gasteiger charge is -2.34. The van der Waals surface area contributed by atoms with Crippen molar-refractivity contribution in [2.75, 3.05) is 47.5 Å². The van der Waals surface area contributed by atoms with Gasteiger partial charge in [-0.15, -0.1) is 0 Å². The van der Waals surface area contributed by atoms with Gasteiger partial charge in [-0.2, -0.15) is 4.31 Å². The highest BCUT2D eigenvalue weighted by atomic mass is 32.2. The Bertz CT molecular complexity index is 1060. The molecule has 174 valence electrons. The average molecular weight is 470 g/mol. The number of amides is 1. The van der Waals surface area contributed by atoms with Crippen LogP contribution in [0.5, 0.6) is 17.2 Å². The summed E-state index contributed by atoms with van der Waals surface area (Å²) in [4.78, 5) is 13.3. The Morgan fingerprint density at radius 3 is 1.94 bits per heavy atom. The normalized spacial score (nSPS) is 14.8. The van der Waals surface area contributed by atoms with Crippen LogP contribution in [0.1, 0.15) is 5.56 Å². The zero-order valence-electron chi connectivity index (χ0n) is 17.9. The van der Waals surface area contributed by atoms with Crippen LogP contribution in [-0.4, -0.2) is 71.0 Å². The molecule has 0 unspecified atom stereocenters. The molecule has 0 aliphatic carbocycles. The summed E-state index contributed by atoms with van der Waals surface area (Å²) in [6.45, 7) is 0.0469. The lowest BCUT2D eigenvalue weighted by molar-refractivity contribution is -0.131. The van der Waals surface area contributed by atoms with Crippen molar-refractivity contribution < 1.29 is 36.2 Å². The highest BCUT2D eigenvalue weighted by molar-refractivity contribution is 7.89. The fourth-order valence-electron chi connectivity index (χ4n) is 3.56. The number of carbonyl (C=O) groups excluding carboxylic acids is 1. The van der Waals surface area contributed by atoms with Crippen molar-refractivity contribution in [3.05, 3.63) is 47.5 Å². The van der Waals surface area contributed by atoms with Crippen LogP contribution in [0.2, 0.25) is 0 Å². The van der Waals surface area contributed by atoms with Gasteiger partial charge in [0.15, 0.2) is 16.4 Å². The quantitative estimate of drug-likeness (QED) is 0.616. The van der Waals surface area contributed by atoms with Crippen LogP contribution in [-0.2, 0) is 21.2 Å². The van der Waals surface area contributed by atoms with Crippen LogP contribution in [0.3, 0.4) is 0 Å². The summed E-state index contributed by atoms with van der Waals surface area (Å²) in [6, 6.07) is 6.23. The summed E-state index contributed by atoms with van der Waals surface area (Å²) in [5.41, 5.74) is 0.632. The molecule has 1 aliphatic rings. The van der Waals surface area contributed by atoms with Gasteiger partial charge in [-0.3, -0.25) is 4.79 Å². The Hall–Kier alpha value is -2.92. The molecule has 0 atom stereocenters. The number of hydrogen-bond donors (Lipinski definition) is 0. The van der Waals surface area contributed by atoms with Crippen LogP contribution < -0.4 is 14.2 Å². The molecule has 2 aromatic carbocycles. The first-order valence-electron chi connectivity index (χ1n) is 9.73. The lowest BCUT2D eigenvalue weighted by Crippen LogP contribution is -2.51. The Morgan fingerprint density at radius 1 is 0.938 bits per heavy atom. The maximum Gasteiger partial charge on any atom is 0.249 e. The first-order chi connectivity index (χ1) is 15.2. The summed E-state index contributed by atoms with van der Waals surface area (Å²) < 4.78 is 70.2. The molecule has 1 heterocycles. The zero-order valence-corrected chi connectivity index (χ0v) is 18.7. The third-order valence-corrected chi connectivity index (χ3v) is 7.14. The number of rotatable bonds is 7. The second-order valence-electron chi connectivity index (χ2n) is 7.05. The molecule has 2 aromatic rings. The number of hydrogen-bond acceptors (Lipinski definition) is 6. The molecule has 32 heavy (non-hydrogen) atoms. The smallest absolute Gasteiger partial charge is 0.249 e. The molecule has 1 fully saturated rings. The number of piperazine rings is 1. The number of ether oxygens (including phenoxy) is 3. The fourth-order valence-corrected chi connectivity index (χ4v) is 5.09. The van der Waals surface area contributed by atoms with Crippen molar-refractivity contribution in [3.8, 4) is 17.2 Å². The largest absolute Gasteiger partial charge is 0.493 e. The third-order valence-electron chi connectivity index (χ3n) is 5.19. The SMILES string of the molecule is COc1cc(CC(=O)N2CCN(S(=O)(=O)c3c(F)cccc3F)CC2)cc(OC)c1OC. The summed E-state index contributed by atoms with van der Waals surface area (Å²) in [5, 5.41) is 0. The molecule has 0 N–H and O–H groups in total. The van der Waals surface area contributed by atoms with E-state index in [0.717, 1.165) is 22.5 Å². The topological polar surface area (TPSA) is 85.4 Å². The Balaban J connectivity index is 1.70. The first-order valence-corrected chi connectivity index (χ1v) is 11.2. The van der Waals surface area contributed by atoms with Gasteiger partial charge in [0.05, 0.1) is 27.8 Å². The maximum atomic E-state index is 14.0. The van der Waals surface area contributed by atoms with Crippen molar-refractivity contribution >= 4 is 15.9 Å². The van der Waals surface area contributed by atoms with E-state index < -0.39 is 26.6 Å². The third kappa shape index (κ3) is 4.63. The van der Waals surface area contributed by atoms with Crippen LogP contribution in [0.25, 0.3) is 0 Å². The van der Waals surface area contributed by atoms with Crippen molar-refractivity contribution in [1.82, 2.24) is 9.21 Å². The first kappa shape index (κ1) is 23.7. The van der Waals surface area contributed by atoms with Crippen LogP contribution in [0, 0.1) is 11.6 Å². The van der Waals surface area contributed by atoms with E-state index in [1.54, 1.807) is 12.1 Å². The van der Waals surface area contributed by atoms with Gasteiger partial charge >= 0.3 is 0 Å². The maximum absolute atomic E-state index is 14.0. The molecule has 11 heteroatoms. The second-order valence-corrected chi connectivity index (χ2v) is 8.92. The van der Waals surface area contributed by atoms with E-state index in [1.807, 2.05) is 0 Å². The van der Waals surface area contributed by atoms with Gasteiger partial charge in [0, 0.05) is 26.2 Å². The summed E-state index contributed by atoms with van der Waals surface area (Å²) in [5.74, 6) is -1.29. The molecule has 1 aliphatic heterocycles. The van der Waals surface area contributed by atoms with Gasteiger partial charge in [-0.1, -0.05) is 6.07 Å². The molecule has 0 bridgehead atoms. The van der Waals surface area contributed by atoms with Gasteiger partial charge < -0.3 is 19.1 Å². The number of halogens is 2. The molecule has 8 nitrogen and oxygen atoms in total. The number of nitrogens with zero attached hydrogens (tertiary/aromatic N) is 2. The Morgan fingerprint density at radius 2 is 1.47 bits per heavy atom. The highest BCUT2D eigenvalue weighted by Crippen LogP contribution is 2.38. The molecular weight excluding hydrogens is 446 g/mol. The number of carbonyl (C=O) groups is 1. The number of sulfonamides is 1. The Kier molecular flexibility index (Phi) is 7.19. The van der Waals surface area contributed by atoms with E-state index in [9.17, 15) is 22.0 Å². The second kappa shape index (κ2) is 9.70. The average Bonchev–Trinajstić information content (AvgIpc) is 2.78. The fraction of sp³-hybridized carbons (Fsp3) is 0.381. The molecular formula is C21H24F2N2O6S. The van der Waals surface area contributed by atoms with Crippen molar-refractivity contribution in [1.29, 1.82) is 0 Å². The van der Waals surface area contributed by atoms with Crippen LogP contribution in [0.15, 0.2) is 35.2 Å².